The van der Waals surface area contributed by atoms with Crippen LogP contribution in [-0.4, -0.2) is 35.1 Å². The molecule has 0 radical (unpaired) electrons. The maximum Gasteiger partial charge on any atom is 0.413 e. The number of carbonyl (C=O) groups is 2. The van der Waals surface area contributed by atoms with Crippen LogP contribution in [0.15, 0.2) is 0 Å². The highest BCUT2D eigenvalue weighted by Gasteiger charge is 2.14. The molecule has 1 amide bonds. The molecule has 0 fully saturated rings. The summed E-state index contributed by atoms with van der Waals surface area (Å²) in [5.74, 6) is -0.727. The molecule has 0 aliphatic heterocycles. The van der Waals surface area contributed by atoms with Gasteiger partial charge in [-0.1, -0.05) is 13.3 Å². The van der Waals surface area contributed by atoms with Crippen LogP contribution in [-0.2, 0) is 9.47 Å². The van der Waals surface area contributed by atoms with Gasteiger partial charge in [0.05, 0.1) is 13.7 Å². The minimum atomic E-state index is -0.645. The lowest BCUT2D eigenvalue weighted by molar-refractivity contribution is 0.0588. The maximum atomic E-state index is 11.2. The third-order valence-electron chi connectivity index (χ3n) is 1.73. The van der Waals surface area contributed by atoms with Crippen molar-refractivity contribution in [3.63, 3.8) is 0 Å². The second-order valence-electron chi connectivity index (χ2n) is 3.03. The fourth-order valence-electron chi connectivity index (χ4n) is 0.881. The van der Waals surface area contributed by atoms with Crippen LogP contribution >= 0.6 is 11.5 Å². The summed E-state index contributed by atoms with van der Waals surface area (Å²) in [6, 6.07) is 0. The Hall–Kier alpha value is -1.70. The highest BCUT2D eigenvalue weighted by atomic mass is 32.1. The Bertz CT molecular complexity index is 393. The van der Waals surface area contributed by atoms with E-state index in [1.54, 1.807) is 0 Å². The van der Waals surface area contributed by atoms with Crippen molar-refractivity contribution in [2.45, 2.75) is 19.8 Å². The lowest BCUT2D eigenvalue weighted by Crippen LogP contribution is -2.14. The van der Waals surface area contributed by atoms with Crippen LogP contribution in [0.1, 0.15) is 30.4 Å². The first kappa shape index (κ1) is 13.4. The normalized spacial score (nSPS) is 9.76. The van der Waals surface area contributed by atoms with E-state index in [2.05, 4.69) is 19.4 Å². The van der Waals surface area contributed by atoms with Crippen molar-refractivity contribution in [2.24, 2.45) is 0 Å². The van der Waals surface area contributed by atoms with E-state index >= 15 is 0 Å². The maximum absolute atomic E-state index is 11.2. The predicted molar refractivity (Wildman–Crippen MR) is 61.1 cm³/mol. The van der Waals surface area contributed by atoms with Gasteiger partial charge >= 0.3 is 12.1 Å². The Morgan fingerprint density at radius 1 is 1.47 bits per heavy atom. The first-order valence-corrected chi connectivity index (χ1v) is 5.80. The van der Waals surface area contributed by atoms with Gasteiger partial charge in [0.2, 0.25) is 5.13 Å². The molecule has 1 heterocycles. The predicted octanol–water partition coefficient (Wildman–Crippen LogP) is 1.67. The Balaban J connectivity index is 2.43. The number of esters is 1. The molecular weight excluding hydrogens is 246 g/mol. The van der Waals surface area contributed by atoms with Gasteiger partial charge in [0, 0.05) is 11.5 Å². The van der Waals surface area contributed by atoms with Gasteiger partial charge in [-0.25, -0.2) is 9.59 Å². The molecule has 0 saturated heterocycles. The van der Waals surface area contributed by atoms with Crippen molar-refractivity contribution in [1.29, 1.82) is 0 Å². The monoisotopic (exact) mass is 259 g/mol. The molecule has 1 aromatic rings. The average molecular weight is 259 g/mol. The molecule has 1 N–H and O–H groups in total. The molecule has 0 unspecified atom stereocenters. The van der Waals surface area contributed by atoms with Gasteiger partial charge in [-0.3, -0.25) is 5.32 Å². The number of hydrogen-bond donors (Lipinski definition) is 1. The summed E-state index contributed by atoms with van der Waals surface area (Å²) in [5, 5.41) is 2.58. The lowest BCUT2D eigenvalue weighted by atomic mass is 10.4. The fraction of sp³-hybridized carbons (Fsp3) is 0.556. The van der Waals surface area contributed by atoms with Gasteiger partial charge in [0.25, 0.3) is 5.82 Å². The van der Waals surface area contributed by atoms with E-state index in [1.165, 1.54) is 7.11 Å². The number of aromatic nitrogens is 2. The largest absolute Gasteiger partial charge is 0.463 e. The van der Waals surface area contributed by atoms with Gasteiger partial charge in [0.1, 0.15) is 0 Å². The topological polar surface area (TPSA) is 90.4 Å². The molecule has 0 aromatic carbocycles. The minimum Gasteiger partial charge on any atom is -0.463 e. The summed E-state index contributed by atoms with van der Waals surface area (Å²) >= 11 is 0.887. The number of anilines is 1. The van der Waals surface area contributed by atoms with Crippen molar-refractivity contribution >= 4 is 28.7 Å². The van der Waals surface area contributed by atoms with Crippen LogP contribution in [0.4, 0.5) is 9.93 Å². The summed E-state index contributed by atoms with van der Waals surface area (Å²) in [5.41, 5.74) is 0. The van der Waals surface area contributed by atoms with Gasteiger partial charge in [-0.2, -0.15) is 9.36 Å². The lowest BCUT2D eigenvalue weighted by Gasteiger charge is -2.02. The Morgan fingerprint density at radius 3 is 2.88 bits per heavy atom. The zero-order valence-corrected chi connectivity index (χ0v) is 10.4. The van der Waals surface area contributed by atoms with Crippen molar-refractivity contribution in [2.75, 3.05) is 19.0 Å². The number of unbranched alkanes of at least 4 members (excludes halogenated alkanes) is 1. The number of amides is 1. The van der Waals surface area contributed by atoms with E-state index < -0.39 is 12.1 Å². The van der Waals surface area contributed by atoms with Crippen molar-refractivity contribution in [1.82, 2.24) is 9.36 Å². The van der Waals surface area contributed by atoms with Crippen molar-refractivity contribution in [3.8, 4) is 0 Å². The molecule has 0 aliphatic rings. The van der Waals surface area contributed by atoms with Crippen LogP contribution in [0.25, 0.3) is 0 Å². The quantitative estimate of drug-likeness (QED) is 0.639. The highest BCUT2D eigenvalue weighted by Crippen LogP contribution is 2.11. The summed E-state index contributed by atoms with van der Waals surface area (Å²) in [6.45, 7) is 2.35. The summed E-state index contributed by atoms with van der Waals surface area (Å²) in [7, 11) is 1.23. The van der Waals surface area contributed by atoms with Gasteiger partial charge in [0.15, 0.2) is 0 Å². The molecule has 0 atom stereocenters. The van der Waals surface area contributed by atoms with Crippen LogP contribution in [0.3, 0.4) is 0 Å². The SMILES string of the molecule is CCCCOC(=O)Nc1nc(C(=O)OC)ns1. The highest BCUT2D eigenvalue weighted by molar-refractivity contribution is 7.10. The third-order valence-corrected chi connectivity index (χ3v) is 2.36. The van der Waals surface area contributed by atoms with E-state index in [1.807, 2.05) is 6.92 Å². The number of nitrogens with one attached hydrogen (secondary N) is 1. The Kier molecular flexibility index (Phi) is 5.34. The summed E-state index contributed by atoms with van der Waals surface area (Å²) in [4.78, 5) is 26.0. The zero-order chi connectivity index (χ0) is 12.7. The third kappa shape index (κ3) is 4.35. The second kappa shape index (κ2) is 6.79. The summed E-state index contributed by atoms with van der Waals surface area (Å²) in [6.07, 6.45) is 1.14. The van der Waals surface area contributed by atoms with Crippen molar-refractivity contribution < 1.29 is 19.1 Å². The number of nitrogens with zero attached hydrogens (tertiary/aromatic N) is 2. The van der Waals surface area contributed by atoms with Gasteiger partial charge in [-0.05, 0) is 6.42 Å². The second-order valence-corrected chi connectivity index (χ2v) is 3.78. The van der Waals surface area contributed by atoms with Gasteiger partial charge in [-0.15, -0.1) is 0 Å². The molecule has 8 heteroatoms. The van der Waals surface area contributed by atoms with Crippen LogP contribution in [0.5, 0.6) is 0 Å². The van der Waals surface area contributed by atoms with E-state index in [4.69, 9.17) is 4.74 Å². The molecule has 0 bridgehead atoms. The van der Waals surface area contributed by atoms with E-state index in [0.717, 1.165) is 24.4 Å². The Morgan fingerprint density at radius 2 is 2.24 bits per heavy atom. The molecule has 1 aromatic heterocycles. The molecule has 0 saturated carbocycles. The molecule has 0 aliphatic carbocycles. The molecule has 0 spiro atoms. The number of methoxy groups -OCH3 is 1. The van der Waals surface area contributed by atoms with Crippen LogP contribution in [0.2, 0.25) is 0 Å². The molecule has 7 nitrogen and oxygen atoms in total. The van der Waals surface area contributed by atoms with Crippen LogP contribution in [0, 0.1) is 0 Å². The zero-order valence-electron chi connectivity index (χ0n) is 9.56. The number of hydrogen-bond acceptors (Lipinski definition) is 7. The number of ether oxygens (including phenoxy) is 2. The molecule has 94 valence electrons. The molecule has 1 rings (SSSR count). The average Bonchev–Trinajstić information content (AvgIpc) is 2.77. The standard InChI is InChI=1S/C9H13N3O4S/c1-3-4-5-16-9(14)11-8-10-6(12-17-8)7(13)15-2/h3-5H2,1-2H3,(H,10,11,12,14). The first-order valence-electron chi connectivity index (χ1n) is 5.03. The van der Waals surface area contributed by atoms with E-state index in [0.29, 0.717) is 6.61 Å². The molecule has 17 heavy (non-hydrogen) atoms. The number of carbonyl (C=O) groups excluding carboxylic acids is 2. The fourth-order valence-corrected chi connectivity index (χ4v) is 1.43. The minimum absolute atomic E-state index is 0.0821. The van der Waals surface area contributed by atoms with E-state index in [9.17, 15) is 9.59 Å². The molecular formula is C9H13N3O4S. The summed E-state index contributed by atoms with van der Waals surface area (Å²) < 4.78 is 13.0. The first-order chi connectivity index (χ1) is 8.17. The smallest absolute Gasteiger partial charge is 0.413 e. The van der Waals surface area contributed by atoms with Crippen molar-refractivity contribution in [3.05, 3.63) is 5.82 Å². The number of rotatable bonds is 5. The van der Waals surface area contributed by atoms with E-state index in [-0.39, 0.29) is 11.0 Å². The van der Waals surface area contributed by atoms with Crippen LogP contribution < -0.4 is 5.32 Å². The van der Waals surface area contributed by atoms with Gasteiger partial charge < -0.3 is 9.47 Å². The Labute approximate surface area is 102 Å².